The van der Waals surface area contributed by atoms with Crippen LogP contribution in [0, 0.1) is 0 Å². The van der Waals surface area contributed by atoms with Crippen molar-refractivity contribution in [2.24, 2.45) is 0 Å². The minimum atomic E-state index is 0.0999. The Morgan fingerprint density at radius 3 is 2.62 bits per heavy atom. The van der Waals surface area contributed by atoms with Gasteiger partial charge in [0, 0.05) is 30.6 Å². The summed E-state index contributed by atoms with van der Waals surface area (Å²) in [6, 6.07) is 7.47. The van der Waals surface area contributed by atoms with Gasteiger partial charge in [-0.25, -0.2) is 4.98 Å². The molecule has 0 saturated heterocycles. The average Bonchev–Trinajstić information content (AvgIpc) is 2.55. The number of rotatable bonds is 5. The van der Waals surface area contributed by atoms with Crippen LogP contribution in [-0.2, 0) is 17.9 Å². The average molecular weight is 345 g/mol. The van der Waals surface area contributed by atoms with Gasteiger partial charge in [0.05, 0.1) is 12.0 Å². The SMILES string of the molecule is COCc1c(CNc2ccc(Cl)cc2)cnc2nc(N)nc(N)c12. The molecule has 5 N–H and O–H groups in total. The van der Waals surface area contributed by atoms with Gasteiger partial charge in [-0.1, -0.05) is 11.6 Å². The second kappa shape index (κ2) is 6.86. The van der Waals surface area contributed by atoms with Crippen molar-refractivity contribution in [3.05, 3.63) is 46.6 Å². The van der Waals surface area contributed by atoms with Crippen LogP contribution < -0.4 is 16.8 Å². The van der Waals surface area contributed by atoms with Crippen molar-refractivity contribution in [1.29, 1.82) is 0 Å². The van der Waals surface area contributed by atoms with Crippen LogP contribution in [0.5, 0.6) is 0 Å². The van der Waals surface area contributed by atoms with Crippen molar-refractivity contribution in [2.45, 2.75) is 13.2 Å². The molecule has 3 rings (SSSR count). The lowest BCUT2D eigenvalue weighted by atomic mass is 10.1. The molecule has 2 heterocycles. The number of fused-ring (bicyclic) bond motifs is 1. The third kappa shape index (κ3) is 3.32. The van der Waals surface area contributed by atoms with Gasteiger partial charge in [0.2, 0.25) is 5.95 Å². The Labute approximate surface area is 144 Å². The maximum Gasteiger partial charge on any atom is 0.224 e. The highest BCUT2D eigenvalue weighted by molar-refractivity contribution is 6.30. The number of halogens is 1. The van der Waals surface area contributed by atoms with E-state index in [9.17, 15) is 0 Å². The maximum atomic E-state index is 6.02. The number of hydrogen-bond donors (Lipinski definition) is 3. The van der Waals surface area contributed by atoms with Gasteiger partial charge in [0.1, 0.15) is 5.82 Å². The maximum absolute atomic E-state index is 6.02. The zero-order valence-corrected chi connectivity index (χ0v) is 13.8. The molecular weight excluding hydrogens is 328 g/mol. The molecular formula is C16H17ClN6O. The number of nitrogens with zero attached hydrogens (tertiary/aromatic N) is 3. The van der Waals surface area contributed by atoms with Crippen LogP contribution in [0.4, 0.5) is 17.5 Å². The molecule has 0 saturated carbocycles. The quantitative estimate of drug-likeness (QED) is 0.652. The molecule has 8 heteroatoms. The molecule has 0 aliphatic heterocycles. The van der Waals surface area contributed by atoms with Crippen molar-refractivity contribution < 1.29 is 4.74 Å². The van der Waals surface area contributed by atoms with E-state index in [-0.39, 0.29) is 5.95 Å². The largest absolute Gasteiger partial charge is 0.383 e. The predicted octanol–water partition coefficient (Wildman–Crippen LogP) is 2.60. The van der Waals surface area contributed by atoms with Crippen molar-refractivity contribution in [1.82, 2.24) is 15.0 Å². The van der Waals surface area contributed by atoms with E-state index in [2.05, 4.69) is 20.3 Å². The van der Waals surface area contributed by atoms with Crippen LogP contribution in [0.3, 0.4) is 0 Å². The molecule has 0 bridgehead atoms. The summed E-state index contributed by atoms with van der Waals surface area (Å²) in [5.41, 5.74) is 14.9. The van der Waals surface area contributed by atoms with Crippen LogP contribution in [-0.4, -0.2) is 22.1 Å². The van der Waals surface area contributed by atoms with Gasteiger partial charge in [0.25, 0.3) is 0 Å². The zero-order valence-electron chi connectivity index (χ0n) is 13.1. The molecule has 0 atom stereocenters. The Bertz CT molecular complexity index is 869. The van der Waals surface area contributed by atoms with Gasteiger partial charge < -0.3 is 21.5 Å². The van der Waals surface area contributed by atoms with Gasteiger partial charge in [0.15, 0.2) is 5.65 Å². The zero-order chi connectivity index (χ0) is 17.1. The number of aromatic nitrogens is 3. The van der Waals surface area contributed by atoms with Gasteiger partial charge in [-0.05, 0) is 35.4 Å². The number of anilines is 3. The summed E-state index contributed by atoms with van der Waals surface area (Å²) in [7, 11) is 1.62. The predicted molar refractivity (Wildman–Crippen MR) is 95.6 cm³/mol. The van der Waals surface area contributed by atoms with Crippen LogP contribution in [0.1, 0.15) is 11.1 Å². The number of ether oxygens (including phenoxy) is 1. The molecule has 7 nitrogen and oxygen atoms in total. The van der Waals surface area contributed by atoms with Crippen molar-refractivity contribution >= 4 is 40.1 Å². The van der Waals surface area contributed by atoms with E-state index in [0.29, 0.717) is 35.0 Å². The number of pyridine rings is 1. The Kier molecular flexibility index (Phi) is 4.64. The number of nitrogen functional groups attached to an aromatic ring is 2. The molecule has 0 aliphatic rings. The minimum absolute atomic E-state index is 0.0999. The third-order valence-corrected chi connectivity index (χ3v) is 3.84. The van der Waals surface area contributed by atoms with E-state index in [4.69, 9.17) is 27.8 Å². The van der Waals surface area contributed by atoms with Crippen molar-refractivity contribution in [3.63, 3.8) is 0 Å². The first kappa shape index (κ1) is 16.2. The molecule has 124 valence electrons. The molecule has 2 aromatic heterocycles. The molecule has 1 aromatic carbocycles. The van der Waals surface area contributed by atoms with E-state index < -0.39 is 0 Å². The molecule has 0 radical (unpaired) electrons. The number of benzene rings is 1. The fraction of sp³-hybridized carbons (Fsp3) is 0.188. The highest BCUT2D eigenvalue weighted by Crippen LogP contribution is 2.26. The second-order valence-electron chi connectivity index (χ2n) is 5.22. The van der Waals surface area contributed by atoms with Gasteiger partial charge in [-0.3, -0.25) is 0 Å². The number of hydrogen-bond acceptors (Lipinski definition) is 7. The fourth-order valence-corrected chi connectivity index (χ4v) is 2.60. The minimum Gasteiger partial charge on any atom is -0.383 e. The molecule has 0 spiro atoms. The Balaban J connectivity index is 1.97. The van der Waals surface area contributed by atoms with E-state index >= 15 is 0 Å². The standard InChI is InChI=1S/C16H17ClN6O/c1-24-8-12-9(6-20-11-4-2-10(17)3-5-11)7-21-15-13(12)14(18)22-16(19)23-15/h2-5,7,20H,6,8H2,1H3,(H4,18,19,21,22,23). The Hall–Kier alpha value is -2.64. The van der Waals surface area contributed by atoms with Crippen molar-refractivity contribution in [2.75, 3.05) is 23.9 Å². The normalized spacial score (nSPS) is 10.9. The summed E-state index contributed by atoms with van der Waals surface area (Å²) in [6.45, 7) is 0.918. The smallest absolute Gasteiger partial charge is 0.224 e. The van der Waals surface area contributed by atoms with Gasteiger partial charge in [-0.2, -0.15) is 9.97 Å². The third-order valence-electron chi connectivity index (χ3n) is 3.58. The lowest BCUT2D eigenvalue weighted by Crippen LogP contribution is -2.09. The molecule has 0 amide bonds. The molecule has 0 fully saturated rings. The molecule has 3 aromatic rings. The summed E-state index contributed by atoms with van der Waals surface area (Å²) in [4.78, 5) is 12.5. The summed E-state index contributed by atoms with van der Waals surface area (Å²) in [5, 5.41) is 4.68. The van der Waals surface area contributed by atoms with Crippen LogP contribution in [0.25, 0.3) is 11.0 Å². The molecule has 24 heavy (non-hydrogen) atoms. The lowest BCUT2D eigenvalue weighted by Gasteiger charge is -2.14. The first-order valence-corrected chi connectivity index (χ1v) is 7.64. The second-order valence-corrected chi connectivity index (χ2v) is 5.66. The summed E-state index contributed by atoms with van der Waals surface area (Å²) < 4.78 is 5.31. The topological polar surface area (TPSA) is 112 Å². The summed E-state index contributed by atoms with van der Waals surface area (Å²) in [6.07, 6.45) is 1.74. The first-order valence-electron chi connectivity index (χ1n) is 7.26. The van der Waals surface area contributed by atoms with Gasteiger partial charge >= 0.3 is 0 Å². The first-order chi connectivity index (χ1) is 11.6. The van der Waals surface area contributed by atoms with E-state index in [1.54, 1.807) is 13.3 Å². The number of nitrogens with one attached hydrogen (secondary N) is 1. The monoisotopic (exact) mass is 344 g/mol. The van der Waals surface area contributed by atoms with E-state index in [1.165, 1.54) is 0 Å². The summed E-state index contributed by atoms with van der Waals surface area (Å²) >= 11 is 5.90. The number of nitrogens with two attached hydrogens (primary N) is 2. The fourth-order valence-electron chi connectivity index (χ4n) is 2.47. The highest BCUT2D eigenvalue weighted by atomic mass is 35.5. The summed E-state index contributed by atoms with van der Waals surface area (Å²) in [5.74, 6) is 0.397. The Morgan fingerprint density at radius 2 is 1.92 bits per heavy atom. The van der Waals surface area contributed by atoms with Crippen LogP contribution in [0.2, 0.25) is 5.02 Å². The molecule has 0 unspecified atom stereocenters. The van der Waals surface area contributed by atoms with Crippen molar-refractivity contribution in [3.8, 4) is 0 Å². The molecule has 0 aliphatic carbocycles. The van der Waals surface area contributed by atoms with Crippen LogP contribution >= 0.6 is 11.6 Å². The van der Waals surface area contributed by atoms with Crippen LogP contribution in [0.15, 0.2) is 30.5 Å². The Morgan fingerprint density at radius 1 is 1.17 bits per heavy atom. The number of methoxy groups -OCH3 is 1. The lowest BCUT2D eigenvalue weighted by molar-refractivity contribution is 0.185. The highest BCUT2D eigenvalue weighted by Gasteiger charge is 2.14. The van der Waals surface area contributed by atoms with E-state index in [1.807, 2.05) is 24.3 Å². The van der Waals surface area contributed by atoms with Gasteiger partial charge in [-0.15, -0.1) is 0 Å². The van der Waals surface area contributed by atoms with E-state index in [0.717, 1.165) is 16.8 Å².